The molecule has 3 rings (SSSR count). The molecule has 0 heterocycles. The fourth-order valence-electron chi connectivity index (χ4n) is 2.62. The maximum absolute atomic E-state index is 14.3. The highest BCUT2D eigenvalue weighted by Gasteiger charge is 2.14. The number of hydrogen-bond acceptors (Lipinski definition) is 2. The summed E-state index contributed by atoms with van der Waals surface area (Å²) in [5.41, 5.74) is 1.70. The van der Waals surface area contributed by atoms with Gasteiger partial charge in [0.05, 0.1) is 7.11 Å². The summed E-state index contributed by atoms with van der Waals surface area (Å²) in [5.74, 6) is -1.22. The quantitative estimate of drug-likeness (QED) is 0.551. The standard InChI is InChI=1S/C21H18F2O2/c1-3-4-11-25-17-9-7-14(8-10-17)15-5-6-16-13-19(24-2)21(23)20(22)18(16)12-15/h3-10,12-13H,11H2,1-2H3. The molecule has 0 spiro atoms. The van der Waals surface area contributed by atoms with E-state index in [-0.39, 0.29) is 11.1 Å². The zero-order valence-corrected chi connectivity index (χ0v) is 14.1. The van der Waals surface area contributed by atoms with Gasteiger partial charge < -0.3 is 9.47 Å². The third-order valence-electron chi connectivity index (χ3n) is 3.97. The zero-order chi connectivity index (χ0) is 17.8. The van der Waals surface area contributed by atoms with Gasteiger partial charge in [-0.25, -0.2) is 4.39 Å². The Morgan fingerprint density at radius 2 is 1.64 bits per heavy atom. The highest BCUT2D eigenvalue weighted by Crippen LogP contribution is 2.32. The molecular weight excluding hydrogens is 322 g/mol. The lowest BCUT2D eigenvalue weighted by atomic mass is 10.0. The first-order chi connectivity index (χ1) is 12.1. The maximum Gasteiger partial charge on any atom is 0.201 e. The van der Waals surface area contributed by atoms with E-state index in [1.54, 1.807) is 12.1 Å². The van der Waals surface area contributed by atoms with Gasteiger partial charge in [0.2, 0.25) is 5.82 Å². The second-order valence-electron chi connectivity index (χ2n) is 5.55. The van der Waals surface area contributed by atoms with Crippen LogP contribution in [-0.2, 0) is 0 Å². The second-order valence-corrected chi connectivity index (χ2v) is 5.55. The van der Waals surface area contributed by atoms with Crippen LogP contribution in [0.25, 0.3) is 21.9 Å². The molecule has 0 fully saturated rings. The Kier molecular flexibility index (Phi) is 4.98. The zero-order valence-electron chi connectivity index (χ0n) is 14.1. The molecule has 0 saturated heterocycles. The average molecular weight is 340 g/mol. The van der Waals surface area contributed by atoms with Crippen LogP contribution in [-0.4, -0.2) is 13.7 Å². The van der Waals surface area contributed by atoms with E-state index >= 15 is 0 Å². The van der Waals surface area contributed by atoms with E-state index < -0.39 is 11.6 Å². The molecule has 0 saturated carbocycles. The van der Waals surface area contributed by atoms with E-state index in [1.807, 2.05) is 49.4 Å². The van der Waals surface area contributed by atoms with Crippen molar-refractivity contribution < 1.29 is 18.3 Å². The number of halogens is 2. The van der Waals surface area contributed by atoms with Crippen LogP contribution in [0, 0.1) is 11.6 Å². The van der Waals surface area contributed by atoms with E-state index in [4.69, 9.17) is 9.47 Å². The third kappa shape index (κ3) is 3.48. The molecule has 2 nitrogen and oxygen atoms in total. The number of ether oxygens (including phenoxy) is 2. The van der Waals surface area contributed by atoms with Crippen LogP contribution in [0.5, 0.6) is 11.5 Å². The van der Waals surface area contributed by atoms with Crippen LogP contribution >= 0.6 is 0 Å². The van der Waals surface area contributed by atoms with Crippen molar-refractivity contribution in [1.29, 1.82) is 0 Å². The number of fused-ring (bicyclic) bond motifs is 1. The van der Waals surface area contributed by atoms with Gasteiger partial charge in [-0.2, -0.15) is 4.39 Å². The molecule has 0 N–H and O–H groups in total. The third-order valence-corrected chi connectivity index (χ3v) is 3.97. The van der Waals surface area contributed by atoms with E-state index in [2.05, 4.69) is 0 Å². The molecule has 0 radical (unpaired) electrons. The Labute approximate surface area is 145 Å². The van der Waals surface area contributed by atoms with Gasteiger partial charge in [-0.3, -0.25) is 0 Å². The van der Waals surface area contributed by atoms with Crippen molar-refractivity contribution in [3.05, 3.63) is 72.3 Å². The molecule has 0 atom stereocenters. The fourth-order valence-corrected chi connectivity index (χ4v) is 2.62. The van der Waals surface area contributed by atoms with E-state index in [0.29, 0.717) is 12.0 Å². The Morgan fingerprint density at radius 1 is 0.920 bits per heavy atom. The number of hydrogen-bond donors (Lipinski definition) is 0. The predicted molar refractivity (Wildman–Crippen MR) is 96.2 cm³/mol. The molecule has 0 unspecified atom stereocenters. The summed E-state index contributed by atoms with van der Waals surface area (Å²) in [4.78, 5) is 0. The van der Waals surface area contributed by atoms with Gasteiger partial charge in [0.25, 0.3) is 0 Å². The Bertz CT molecular complexity index is 915. The molecule has 25 heavy (non-hydrogen) atoms. The highest BCUT2D eigenvalue weighted by atomic mass is 19.2. The summed E-state index contributed by atoms with van der Waals surface area (Å²) in [6.07, 6.45) is 3.84. The smallest absolute Gasteiger partial charge is 0.201 e. The van der Waals surface area contributed by atoms with Crippen LogP contribution in [0.1, 0.15) is 6.92 Å². The largest absolute Gasteiger partial charge is 0.494 e. The van der Waals surface area contributed by atoms with E-state index in [9.17, 15) is 8.78 Å². The number of allylic oxidation sites excluding steroid dienone is 1. The van der Waals surface area contributed by atoms with Gasteiger partial charge in [-0.05, 0) is 47.7 Å². The molecule has 128 valence electrons. The first-order valence-electron chi connectivity index (χ1n) is 7.94. The normalized spacial score (nSPS) is 11.2. The molecule has 0 aliphatic carbocycles. The van der Waals surface area contributed by atoms with Crippen molar-refractivity contribution >= 4 is 10.8 Å². The van der Waals surface area contributed by atoms with Crippen LogP contribution in [0.2, 0.25) is 0 Å². The van der Waals surface area contributed by atoms with Gasteiger partial charge >= 0.3 is 0 Å². The first kappa shape index (κ1) is 17.0. The molecule has 0 bridgehead atoms. The Hall–Kier alpha value is -2.88. The molecule has 0 aliphatic heterocycles. The van der Waals surface area contributed by atoms with Gasteiger partial charge in [0, 0.05) is 5.39 Å². The minimum atomic E-state index is -0.972. The van der Waals surface area contributed by atoms with Crippen molar-refractivity contribution in [1.82, 2.24) is 0 Å². The topological polar surface area (TPSA) is 18.5 Å². The number of methoxy groups -OCH3 is 1. The maximum atomic E-state index is 14.3. The molecule has 0 aromatic heterocycles. The van der Waals surface area contributed by atoms with Gasteiger partial charge in [0.15, 0.2) is 11.6 Å². The van der Waals surface area contributed by atoms with Crippen LogP contribution in [0.4, 0.5) is 8.78 Å². The predicted octanol–water partition coefficient (Wildman–Crippen LogP) is 5.75. The number of benzene rings is 3. The molecule has 3 aromatic rings. The summed E-state index contributed by atoms with van der Waals surface area (Å²) >= 11 is 0. The van der Waals surface area contributed by atoms with Crippen molar-refractivity contribution in [2.75, 3.05) is 13.7 Å². The summed E-state index contributed by atoms with van der Waals surface area (Å²) in [7, 11) is 1.32. The summed E-state index contributed by atoms with van der Waals surface area (Å²) in [6, 6.07) is 14.3. The van der Waals surface area contributed by atoms with Crippen LogP contribution < -0.4 is 9.47 Å². The average Bonchev–Trinajstić information content (AvgIpc) is 2.65. The second kappa shape index (κ2) is 7.34. The molecule has 0 aliphatic rings. The Balaban J connectivity index is 1.95. The van der Waals surface area contributed by atoms with Crippen LogP contribution in [0.3, 0.4) is 0 Å². The fraction of sp³-hybridized carbons (Fsp3) is 0.143. The molecular formula is C21H18F2O2. The van der Waals surface area contributed by atoms with E-state index in [1.165, 1.54) is 13.2 Å². The SMILES string of the molecule is CC=CCOc1ccc(-c2ccc3cc(OC)c(F)c(F)c3c2)cc1. The van der Waals surface area contributed by atoms with Crippen molar-refractivity contribution in [3.63, 3.8) is 0 Å². The van der Waals surface area contributed by atoms with Gasteiger partial charge in [-0.1, -0.05) is 36.4 Å². The molecule has 3 aromatic carbocycles. The van der Waals surface area contributed by atoms with Crippen molar-refractivity contribution in [2.45, 2.75) is 6.92 Å². The first-order valence-corrected chi connectivity index (χ1v) is 7.94. The summed E-state index contributed by atoms with van der Waals surface area (Å²) < 4.78 is 38.7. The monoisotopic (exact) mass is 340 g/mol. The number of rotatable bonds is 5. The molecule has 4 heteroatoms. The minimum Gasteiger partial charge on any atom is -0.494 e. The van der Waals surface area contributed by atoms with Gasteiger partial charge in [0.1, 0.15) is 12.4 Å². The lowest BCUT2D eigenvalue weighted by Gasteiger charge is -2.09. The lowest BCUT2D eigenvalue weighted by Crippen LogP contribution is -1.94. The van der Waals surface area contributed by atoms with Gasteiger partial charge in [-0.15, -0.1) is 0 Å². The summed E-state index contributed by atoms with van der Waals surface area (Å²) in [5, 5.41) is 0.815. The van der Waals surface area contributed by atoms with Crippen molar-refractivity contribution in [3.8, 4) is 22.6 Å². The minimum absolute atomic E-state index is 0.0969. The molecule has 0 amide bonds. The lowest BCUT2D eigenvalue weighted by molar-refractivity contribution is 0.363. The highest BCUT2D eigenvalue weighted by molar-refractivity contribution is 5.89. The van der Waals surface area contributed by atoms with E-state index in [0.717, 1.165) is 16.9 Å². The van der Waals surface area contributed by atoms with Crippen LogP contribution in [0.15, 0.2) is 60.7 Å². The summed E-state index contributed by atoms with van der Waals surface area (Å²) in [6.45, 7) is 2.45. The van der Waals surface area contributed by atoms with Crippen molar-refractivity contribution in [2.24, 2.45) is 0 Å². The Morgan fingerprint density at radius 3 is 2.32 bits per heavy atom.